The summed E-state index contributed by atoms with van der Waals surface area (Å²) in [5.41, 5.74) is 4.26. The first-order valence-corrected chi connectivity index (χ1v) is 5.88. The Morgan fingerprint density at radius 1 is 1.20 bits per heavy atom. The Bertz CT molecular complexity index is 329. The zero-order valence-corrected chi connectivity index (χ0v) is 10.6. The van der Waals surface area contributed by atoms with E-state index in [2.05, 4.69) is 30.7 Å². The molecule has 1 aliphatic rings. The lowest BCUT2D eigenvalue weighted by Gasteiger charge is -2.30. The second kappa shape index (κ2) is 4.73. The van der Waals surface area contributed by atoms with E-state index in [9.17, 15) is 0 Å². The van der Waals surface area contributed by atoms with Crippen LogP contribution in [-0.2, 0) is 12.8 Å². The molecule has 1 aromatic rings. The first-order valence-electron chi connectivity index (χ1n) is 5.88. The fraction of sp³-hybridized carbons (Fsp3) is 0.692. The Kier molecular flexibility index (Phi) is 3.83. The van der Waals surface area contributed by atoms with Crippen LogP contribution in [0.25, 0.3) is 0 Å². The average Bonchev–Trinajstić information content (AvgIpc) is 2.22. The van der Waals surface area contributed by atoms with Gasteiger partial charge < -0.3 is 0 Å². The van der Waals surface area contributed by atoms with E-state index < -0.39 is 0 Å². The molecule has 0 saturated heterocycles. The lowest BCUT2D eigenvalue weighted by atomic mass is 9.75. The molecule has 0 fully saturated rings. The number of fused-ring (bicyclic) bond motifs is 1. The molecule has 0 aromatic carbocycles. The molecule has 0 amide bonds. The lowest BCUT2D eigenvalue weighted by molar-refractivity contribution is 0.310. The van der Waals surface area contributed by atoms with Crippen molar-refractivity contribution in [2.24, 2.45) is 5.41 Å². The molecule has 2 rings (SSSR count). The van der Waals surface area contributed by atoms with Crippen LogP contribution in [0.15, 0.2) is 6.33 Å². The van der Waals surface area contributed by atoms with E-state index >= 15 is 0 Å². The number of hydrogen-bond acceptors (Lipinski definition) is 2. The van der Waals surface area contributed by atoms with Gasteiger partial charge in [-0.2, -0.15) is 0 Å². The highest BCUT2D eigenvalue weighted by Crippen LogP contribution is 2.34. The highest BCUT2D eigenvalue weighted by Gasteiger charge is 2.27. The topological polar surface area (TPSA) is 25.8 Å². The molecule has 1 aromatic heterocycles. The Morgan fingerprint density at radius 3 is 2.53 bits per heavy atom. The third-order valence-corrected chi connectivity index (χ3v) is 2.94. The Balaban J connectivity index is 0.000000531. The fourth-order valence-corrected chi connectivity index (χ4v) is 2.02. The first-order chi connectivity index (χ1) is 7.08. The molecule has 84 valence electrons. The van der Waals surface area contributed by atoms with E-state index in [1.807, 2.05) is 13.8 Å². The summed E-state index contributed by atoms with van der Waals surface area (Å²) < 4.78 is 0. The molecule has 1 aliphatic carbocycles. The largest absolute Gasteiger partial charge is 0.241 e. The summed E-state index contributed by atoms with van der Waals surface area (Å²) in [6, 6.07) is 0. The highest BCUT2D eigenvalue weighted by molar-refractivity contribution is 5.27. The van der Waals surface area contributed by atoms with Crippen LogP contribution < -0.4 is 0 Å². The van der Waals surface area contributed by atoms with E-state index in [0.29, 0.717) is 5.41 Å². The minimum Gasteiger partial charge on any atom is -0.241 e. The van der Waals surface area contributed by atoms with Gasteiger partial charge in [-0.3, -0.25) is 0 Å². The summed E-state index contributed by atoms with van der Waals surface area (Å²) in [5, 5.41) is 0. The molecule has 2 heteroatoms. The van der Waals surface area contributed by atoms with Crippen molar-refractivity contribution in [1.82, 2.24) is 9.97 Å². The van der Waals surface area contributed by atoms with Crippen molar-refractivity contribution in [3.8, 4) is 0 Å². The number of nitrogens with zero attached hydrogens (tertiary/aromatic N) is 2. The van der Waals surface area contributed by atoms with Crippen LogP contribution in [0.4, 0.5) is 0 Å². The zero-order chi connectivity index (χ0) is 11.5. The normalized spacial score (nSPS) is 17.4. The van der Waals surface area contributed by atoms with Gasteiger partial charge in [0.15, 0.2) is 0 Å². The summed E-state index contributed by atoms with van der Waals surface area (Å²) in [6.45, 7) is 10.7. The van der Waals surface area contributed by atoms with Crippen LogP contribution in [0.5, 0.6) is 0 Å². The van der Waals surface area contributed by atoms with Crippen LogP contribution in [0.3, 0.4) is 0 Å². The van der Waals surface area contributed by atoms with Gasteiger partial charge in [-0.05, 0) is 37.2 Å². The Morgan fingerprint density at radius 2 is 1.87 bits per heavy atom. The molecule has 1 heterocycles. The van der Waals surface area contributed by atoms with Gasteiger partial charge in [0, 0.05) is 11.4 Å². The number of aryl methyl sites for hydroxylation is 2. The molecule has 0 aliphatic heterocycles. The van der Waals surface area contributed by atoms with Crippen molar-refractivity contribution < 1.29 is 0 Å². The third kappa shape index (κ3) is 2.77. The van der Waals surface area contributed by atoms with Crippen LogP contribution in [0.1, 0.15) is 51.1 Å². The highest BCUT2D eigenvalue weighted by atomic mass is 14.8. The first kappa shape index (κ1) is 12.2. The molecular formula is C13H22N2. The summed E-state index contributed by atoms with van der Waals surface area (Å²) in [4.78, 5) is 8.58. The molecule has 0 bridgehead atoms. The van der Waals surface area contributed by atoms with Gasteiger partial charge in [0.05, 0.1) is 0 Å². The molecule has 0 unspecified atom stereocenters. The molecule has 0 atom stereocenters. The smallest absolute Gasteiger partial charge is 0.115 e. The minimum atomic E-state index is 0.433. The van der Waals surface area contributed by atoms with Gasteiger partial charge in [0.1, 0.15) is 6.33 Å². The molecule has 0 N–H and O–H groups in total. The fourth-order valence-electron chi connectivity index (χ4n) is 2.02. The monoisotopic (exact) mass is 206 g/mol. The Hall–Kier alpha value is -0.920. The molecule has 2 nitrogen and oxygen atoms in total. The number of rotatable bonds is 0. The van der Waals surface area contributed by atoms with Gasteiger partial charge in [-0.1, -0.05) is 27.7 Å². The SMILES string of the molecule is CC.Cc1ncnc2c1CC(C)(C)CC2. The van der Waals surface area contributed by atoms with E-state index in [1.165, 1.54) is 17.7 Å². The molecule has 15 heavy (non-hydrogen) atoms. The van der Waals surface area contributed by atoms with Crippen molar-refractivity contribution in [2.75, 3.05) is 0 Å². The molecule has 0 radical (unpaired) electrons. The van der Waals surface area contributed by atoms with Gasteiger partial charge >= 0.3 is 0 Å². The molecule has 0 saturated carbocycles. The van der Waals surface area contributed by atoms with Crippen molar-refractivity contribution >= 4 is 0 Å². The summed E-state index contributed by atoms with van der Waals surface area (Å²) in [6.07, 6.45) is 5.18. The van der Waals surface area contributed by atoms with Gasteiger partial charge in [0.25, 0.3) is 0 Å². The lowest BCUT2D eigenvalue weighted by Crippen LogP contribution is -2.24. The van der Waals surface area contributed by atoms with Crippen LogP contribution in [0.2, 0.25) is 0 Å². The quantitative estimate of drug-likeness (QED) is 0.650. The second-order valence-corrected chi connectivity index (χ2v) is 4.73. The minimum absolute atomic E-state index is 0.433. The zero-order valence-electron chi connectivity index (χ0n) is 10.6. The van der Waals surface area contributed by atoms with E-state index in [1.54, 1.807) is 6.33 Å². The predicted molar refractivity (Wildman–Crippen MR) is 63.9 cm³/mol. The van der Waals surface area contributed by atoms with Crippen LogP contribution in [0, 0.1) is 12.3 Å². The second-order valence-electron chi connectivity index (χ2n) is 4.73. The standard InChI is InChI=1S/C11H16N2.C2H6/c1-8-9-6-11(2,3)5-4-10(9)13-7-12-8;1-2/h7H,4-6H2,1-3H3;1-2H3. The van der Waals surface area contributed by atoms with Gasteiger partial charge in [0.2, 0.25) is 0 Å². The molecular weight excluding hydrogens is 184 g/mol. The van der Waals surface area contributed by atoms with Crippen molar-refractivity contribution in [1.29, 1.82) is 0 Å². The van der Waals surface area contributed by atoms with E-state index in [0.717, 1.165) is 18.5 Å². The summed E-state index contributed by atoms with van der Waals surface area (Å²) in [5.74, 6) is 0. The van der Waals surface area contributed by atoms with Crippen molar-refractivity contribution in [3.63, 3.8) is 0 Å². The number of aromatic nitrogens is 2. The maximum Gasteiger partial charge on any atom is 0.115 e. The average molecular weight is 206 g/mol. The van der Waals surface area contributed by atoms with Gasteiger partial charge in [-0.25, -0.2) is 9.97 Å². The maximum atomic E-state index is 4.33. The van der Waals surface area contributed by atoms with E-state index in [-0.39, 0.29) is 0 Å². The van der Waals surface area contributed by atoms with Crippen molar-refractivity contribution in [2.45, 2.75) is 53.9 Å². The maximum absolute atomic E-state index is 4.33. The van der Waals surface area contributed by atoms with Crippen LogP contribution >= 0.6 is 0 Å². The Labute approximate surface area is 93.2 Å². The summed E-state index contributed by atoms with van der Waals surface area (Å²) in [7, 11) is 0. The third-order valence-electron chi connectivity index (χ3n) is 2.94. The van der Waals surface area contributed by atoms with Gasteiger partial charge in [-0.15, -0.1) is 0 Å². The summed E-state index contributed by atoms with van der Waals surface area (Å²) >= 11 is 0. The number of hydrogen-bond donors (Lipinski definition) is 0. The molecule has 0 spiro atoms. The van der Waals surface area contributed by atoms with E-state index in [4.69, 9.17) is 0 Å². The van der Waals surface area contributed by atoms with Crippen LogP contribution in [-0.4, -0.2) is 9.97 Å². The predicted octanol–water partition coefficient (Wildman–Crippen LogP) is 3.33. The van der Waals surface area contributed by atoms with Crippen molar-refractivity contribution in [3.05, 3.63) is 23.3 Å².